The van der Waals surface area contributed by atoms with Crippen LogP contribution in [0.15, 0.2) is 82.4 Å². The molecule has 3 aromatic carbocycles. The molecule has 7 nitrogen and oxygen atoms in total. The van der Waals surface area contributed by atoms with Crippen molar-refractivity contribution in [3.63, 3.8) is 0 Å². The minimum Gasteiger partial charge on any atom is -0.320 e. The summed E-state index contributed by atoms with van der Waals surface area (Å²) in [5.41, 5.74) is -4.61. The van der Waals surface area contributed by atoms with E-state index < -0.39 is 58.5 Å². The lowest BCUT2D eigenvalue weighted by Gasteiger charge is -2.14. The third-order valence-corrected chi connectivity index (χ3v) is 5.05. The third kappa shape index (κ3) is 5.06. The van der Waals surface area contributed by atoms with Crippen LogP contribution in [-0.2, 0) is 12.7 Å². The van der Waals surface area contributed by atoms with Gasteiger partial charge in [0, 0.05) is 5.69 Å². The first-order chi connectivity index (χ1) is 17.0. The molecule has 0 unspecified atom stereocenters. The zero-order chi connectivity index (χ0) is 26.0. The highest BCUT2D eigenvalue weighted by molar-refractivity contribution is 6.02. The van der Waals surface area contributed by atoms with Gasteiger partial charge < -0.3 is 5.32 Å². The van der Waals surface area contributed by atoms with Gasteiger partial charge in [0.25, 0.3) is 11.5 Å². The largest absolute Gasteiger partial charge is 0.416 e. The van der Waals surface area contributed by atoms with Crippen molar-refractivity contribution in [2.45, 2.75) is 12.7 Å². The molecule has 0 atom stereocenters. The van der Waals surface area contributed by atoms with Gasteiger partial charge in [-0.25, -0.2) is 13.6 Å². The number of amides is 1. The van der Waals surface area contributed by atoms with Crippen LogP contribution in [0.4, 0.5) is 27.6 Å². The molecule has 0 aliphatic carbocycles. The van der Waals surface area contributed by atoms with E-state index in [2.05, 4.69) is 10.4 Å². The van der Waals surface area contributed by atoms with E-state index in [1.807, 2.05) is 0 Å². The second-order valence-electron chi connectivity index (χ2n) is 7.54. The molecule has 0 spiro atoms. The molecule has 184 valence electrons. The molecular formula is C24H15F5N4O3. The number of benzene rings is 3. The van der Waals surface area contributed by atoms with Crippen LogP contribution in [0.1, 0.15) is 21.6 Å². The van der Waals surface area contributed by atoms with Gasteiger partial charge in [0.05, 0.1) is 12.1 Å². The molecule has 0 bridgehead atoms. The summed E-state index contributed by atoms with van der Waals surface area (Å²) >= 11 is 0. The standard InChI is InChI=1S/C24H15F5N4O3/c25-16-8-10-17(11-9-16)30-21(34)20-22(35)32(13-14-4-3-5-15(12-14)24(27,28)29)23(36)33(31-20)19-7-2-1-6-18(19)26/h1-12H,13H2,(H,30,34). The van der Waals surface area contributed by atoms with Gasteiger partial charge in [0.1, 0.15) is 17.3 Å². The summed E-state index contributed by atoms with van der Waals surface area (Å²) in [6, 6.07) is 13.4. The summed E-state index contributed by atoms with van der Waals surface area (Å²) in [4.78, 5) is 39.0. The molecule has 0 saturated carbocycles. The summed E-state index contributed by atoms with van der Waals surface area (Å²) in [7, 11) is 0. The van der Waals surface area contributed by atoms with Gasteiger partial charge in [-0.05, 0) is 54.1 Å². The lowest BCUT2D eigenvalue weighted by atomic mass is 10.1. The summed E-state index contributed by atoms with van der Waals surface area (Å²) < 4.78 is 68.0. The van der Waals surface area contributed by atoms with Crippen molar-refractivity contribution in [3.05, 3.63) is 122 Å². The monoisotopic (exact) mass is 502 g/mol. The van der Waals surface area contributed by atoms with Gasteiger partial charge in [-0.3, -0.25) is 14.2 Å². The Hall–Kier alpha value is -4.61. The van der Waals surface area contributed by atoms with Gasteiger partial charge in [-0.15, -0.1) is 0 Å². The van der Waals surface area contributed by atoms with E-state index in [0.717, 1.165) is 36.4 Å². The lowest BCUT2D eigenvalue weighted by Crippen LogP contribution is -2.45. The number of carbonyl (C=O) groups excluding carboxylic acids is 1. The molecule has 36 heavy (non-hydrogen) atoms. The number of rotatable bonds is 5. The predicted molar refractivity (Wildman–Crippen MR) is 119 cm³/mol. The first-order valence-electron chi connectivity index (χ1n) is 10.3. The number of hydrogen-bond acceptors (Lipinski definition) is 4. The highest BCUT2D eigenvalue weighted by Gasteiger charge is 2.30. The maximum absolute atomic E-state index is 14.5. The quantitative estimate of drug-likeness (QED) is 0.419. The van der Waals surface area contributed by atoms with E-state index in [1.165, 1.54) is 36.4 Å². The average molecular weight is 502 g/mol. The molecular weight excluding hydrogens is 487 g/mol. The Morgan fingerprint density at radius 2 is 1.61 bits per heavy atom. The second kappa shape index (κ2) is 9.56. The van der Waals surface area contributed by atoms with Gasteiger partial charge in [-0.2, -0.15) is 23.0 Å². The normalized spacial score (nSPS) is 11.4. The van der Waals surface area contributed by atoms with Gasteiger partial charge >= 0.3 is 11.9 Å². The lowest BCUT2D eigenvalue weighted by molar-refractivity contribution is -0.137. The fraction of sp³-hybridized carbons (Fsp3) is 0.0833. The third-order valence-electron chi connectivity index (χ3n) is 5.05. The molecule has 0 aliphatic rings. The molecule has 4 rings (SSSR count). The number of alkyl halides is 3. The van der Waals surface area contributed by atoms with E-state index in [0.29, 0.717) is 9.25 Å². The molecule has 4 aromatic rings. The molecule has 1 N–H and O–H groups in total. The minimum atomic E-state index is -4.67. The Kier molecular flexibility index (Phi) is 6.51. The maximum atomic E-state index is 14.5. The summed E-state index contributed by atoms with van der Waals surface area (Å²) in [6.07, 6.45) is -4.67. The number of hydrogen-bond donors (Lipinski definition) is 1. The highest BCUT2D eigenvalue weighted by Crippen LogP contribution is 2.29. The average Bonchev–Trinajstić information content (AvgIpc) is 2.83. The van der Waals surface area contributed by atoms with Gasteiger partial charge in [0.2, 0.25) is 5.69 Å². The Balaban J connectivity index is 1.86. The van der Waals surface area contributed by atoms with Crippen molar-refractivity contribution in [2.24, 2.45) is 0 Å². The fourth-order valence-electron chi connectivity index (χ4n) is 3.33. The Morgan fingerprint density at radius 1 is 0.917 bits per heavy atom. The summed E-state index contributed by atoms with van der Waals surface area (Å²) in [5, 5.41) is 6.06. The summed E-state index contributed by atoms with van der Waals surface area (Å²) in [5.74, 6) is -2.58. The van der Waals surface area contributed by atoms with Crippen LogP contribution in [-0.4, -0.2) is 20.3 Å². The minimum absolute atomic E-state index is 0.0693. The number of anilines is 1. The Morgan fingerprint density at radius 3 is 2.28 bits per heavy atom. The maximum Gasteiger partial charge on any atom is 0.416 e. The zero-order valence-corrected chi connectivity index (χ0v) is 18.1. The number of aromatic nitrogens is 3. The van der Waals surface area contributed by atoms with Gasteiger partial charge in [-0.1, -0.05) is 24.3 Å². The Bertz CT molecular complexity index is 1560. The molecule has 0 aliphatic heterocycles. The van der Waals surface area contributed by atoms with Crippen LogP contribution in [0.5, 0.6) is 0 Å². The molecule has 0 radical (unpaired) electrons. The van der Waals surface area contributed by atoms with Crippen LogP contribution >= 0.6 is 0 Å². The summed E-state index contributed by atoms with van der Waals surface area (Å²) in [6.45, 7) is -0.657. The van der Waals surface area contributed by atoms with Gasteiger partial charge in [0.15, 0.2) is 0 Å². The number of halogens is 5. The molecule has 0 saturated heterocycles. The van der Waals surface area contributed by atoms with Crippen molar-refractivity contribution >= 4 is 11.6 Å². The van der Waals surface area contributed by atoms with Crippen LogP contribution in [0, 0.1) is 11.6 Å². The molecule has 12 heteroatoms. The highest BCUT2D eigenvalue weighted by atomic mass is 19.4. The SMILES string of the molecule is O=C(Nc1ccc(F)cc1)c1nn(-c2ccccc2F)c(=O)n(Cc2cccc(C(F)(F)F)c2)c1=O. The van der Waals surface area contributed by atoms with Crippen LogP contribution in [0.2, 0.25) is 0 Å². The van der Waals surface area contributed by atoms with E-state index in [1.54, 1.807) is 0 Å². The van der Waals surface area contributed by atoms with Crippen molar-refractivity contribution in [1.29, 1.82) is 0 Å². The number of para-hydroxylation sites is 1. The van der Waals surface area contributed by atoms with E-state index >= 15 is 0 Å². The van der Waals surface area contributed by atoms with Crippen molar-refractivity contribution in [3.8, 4) is 5.69 Å². The van der Waals surface area contributed by atoms with Crippen molar-refractivity contribution < 1.29 is 26.7 Å². The first-order valence-corrected chi connectivity index (χ1v) is 10.3. The zero-order valence-electron chi connectivity index (χ0n) is 18.1. The predicted octanol–water partition coefficient (Wildman–Crippen LogP) is 3.99. The van der Waals surface area contributed by atoms with E-state index in [-0.39, 0.29) is 11.3 Å². The van der Waals surface area contributed by atoms with Crippen molar-refractivity contribution in [1.82, 2.24) is 14.3 Å². The fourth-order valence-corrected chi connectivity index (χ4v) is 3.33. The number of carbonyl (C=O) groups is 1. The Labute approximate surface area is 199 Å². The molecule has 1 heterocycles. The van der Waals surface area contributed by atoms with Crippen LogP contribution in [0.3, 0.4) is 0 Å². The first kappa shape index (κ1) is 24.5. The second-order valence-corrected chi connectivity index (χ2v) is 7.54. The van der Waals surface area contributed by atoms with Crippen LogP contribution in [0.25, 0.3) is 5.69 Å². The smallest absolute Gasteiger partial charge is 0.320 e. The topological polar surface area (TPSA) is 86.0 Å². The number of nitrogens with zero attached hydrogens (tertiary/aromatic N) is 3. The van der Waals surface area contributed by atoms with E-state index in [9.17, 15) is 36.3 Å². The molecule has 1 aromatic heterocycles. The molecule has 0 fully saturated rings. The van der Waals surface area contributed by atoms with Crippen molar-refractivity contribution in [2.75, 3.05) is 5.32 Å². The molecule has 1 amide bonds. The number of nitrogens with one attached hydrogen (secondary N) is 1. The van der Waals surface area contributed by atoms with E-state index in [4.69, 9.17) is 0 Å². The van der Waals surface area contributed by atoms with Crippen LogP contribution < -0.4 is 16.6 Å².